The molecule has 3 aliphatic rings. The molecule has 1 unspecified atom stereocenters. The highest BCUT2D eigenvalue weighted by atomic mass is 16.5. The largest absolute Gasteiger partial charge is 0.381 e. The minimum atomic E-state index is -0.343. The quantitative estimate of drug-likeness (QED) is 0.811. The van der Waals surface area contributed by atoms with Crippen LogP contribution in [0.1, 0.15) is 44.5 Å². The Labute approximate surface area is 166 Å². The molecule has 0 bridgehead atoms. The highest BCUT2D eigenvalue weighted by molar-refractivity contribution is 5.88. The van der Waals surface area contributed by atoms with Crippen LogP contribution in [-0.2, 0) is 32.8 Å². The standard InChI is InChI=1S/C20H31N5O3/c1-3-15-19(27)23(4-2)9-10-25(15)17(26)13-24-14-21-18-16(24)5-8-22-20(18)6-11-28-12-7-20/h14-15,22H,3-13H2,1-2H3. The Morgan fingerprint density at radius 2 is 2.11 bits per heavy atom. The molecule has 0 aromatic carbocycles. The van der Waals surface area contributed by atoms with Gasteiger partial charge in [0.15, 0.2) is 0 Å². The van der Waals surface area contributed by atoms with E-state index in [0.717, 1.165) is 50.4 Å². The molecule has 0 radical (unpaired) electrons. The van der Waals surface area contributed by atoms with E-state index in [9.17, 15) is 9.59 Å². The first-order chi connectivity index (χ1) is 13.6. The van der Waals surface area contributed by atoms with Crippen LogP contribution in [0.25, 0.3) is 0 Å². The lowest BCUT2D eigenvalue weighted by molar-refractivity contribution is -0.151. The van der Waals surface area contributed by atoms with E-state index in [4.69, 9.17) is 9.72 Å². The van der Waals surface area contributed by atoms with E-state index in [1.54, 1.807) is 11.2 Å². The number of nitrogens with one attached hydrogen (secondary N) is 1. The SMILES string of the molecule is CCC1C(=O)N(CC)CCN1C(=O)Cn1cnc2c1CCNC21CCOCC1. The molecule has 2 amide bonds. The summed E-state index contributed by atoms with van der Waals surface area (Å²) in [5.41, 5.74) is 2.11. The van der Waals surface area contributed by atoms with Crippen LogP contribution in [0.15, 0.2) is 6.33 Å². The van der Waals surface area contributed by atoms with Gasteiger partial charge in [-0.2, -0.15) is 0 Å². The Hall–Kier alpha value is -1.93. The van der Waals surface area contributed by atoms with E-state index in [2.05, 4.69) is 5.32 Å². The van der Waals surface area contributed by atoms with Gasteiger partial charge in [-0.1, -0.05) is 6.92 Å². The number of rotatable bonds is 4. The van der Waals surface area contributed by atoms with Gasteiger partial charge >= 0.3 is 0 Å². The monoisotopic (exact) mass is 389 g/mol. The fraction of sp³-hybridized carbons (Fsp3) is 0.750. The number of amides is 2. The number of carbonyl (C=O) groups excluding carboxylic acids is 2. The summed E-state index contributed by atoms with van der Waals surface area (Å²) < 4.78 is 7.54. The van der Waals surface area contributed by atoms with Gasteiger partial charge in [-0.25, -0.2) is 4.98 Å². The zero-order valence-electron chi connectivity index (χ0n) is 16.9. The average molecular weight is 390 g/mol. The number of carbonyl (C=O) groups is 2. The second-order valence-electron chi connectivity index (χ2n) is 7.97. The lowest BCUT2D eigenvalue weighted by Gasteiger charge is -2.41. The van der Waals surface area contributed by atoms with Crippen molar-refractivity contribution >= 4 is 11.8 Å². The molecule has 3 aliphatic heterocycles. The van der Waals surface area contributed by atoms with Crippen molar-refractivity contribution in [3.8, 4) is 0 Å². The number of nitrogens with zero attached hydrogens (tertiary/aromatic N) is 4. The van der Waals surface area contributed by atoms with Crippen LogP contribution in [-0.4, -0.2) is 76.6 Å². The number of likely N-dealkylation sites (N-methyl/N-ethyl adjacent to an activating group) is 1. The third kappa shape index (κ3) is 3.22. The smallest absolute Gasteiger partial charge is 0.245 e. The zero-order chi connectivity index (χ0) is 19.7. The number of fused-ring (bicyclic) bond motifs is 2. The number of piperazine rings is 1. The summed E-state index contributed by atoms with van der Waals surface area (Å²) in [5, 5.41) is 3.65. The summed E-state index contributed by atoms with van der Waals surface area (Å²) >= 11 is 0. The highest BCUT2D eigenvalue weighted by Crippen LogP contribution is 2.36. The predicted octanol–water partition coefficient (Wildman–Crippen LogP) is 0.504. The van der Waals surface area contributed by atoms with Gasteiger partial charge in [0.25, 0.3) is 0 Å². The van der Waals surface area contributed by atoms with Crippen LogP contribution < -0.4 is 5.32 Å². The molecule has 1 atom stereocenters. The molecule has 28 heavy (non-hydrogen) atoms. The molecule has 2 fully saturated rings. The fourth-order valence-electron chi connectivity index (χ4n) is 4.93. The fourth-order valence-corrected chi connectivity index (χ4v) is 4.93. The molecule has 8 nitrogen and oxygen atoms in total. The third-order valence-corrected chi connectivity index (χ3v) is 6.55. The number of imidazole rings is 1. The summed E-state index contributed by atoms with van der Waals surface area (Å²) in [6.45, 7) is 8.50. The predicted molar refractivity (Wildman–Crippen MR) is 104 cm³/mol. The maximum Gasteiger partial charge on any atom is 0.245 e. The number of hydrogen-bond acceptors (Lipinski definition) is 5. The van der Waals surface area contributed by atoms with Gasteiger partial charge in [0.2, 0.25) is 11.8 Å². The second kappa shape index (κ2) is 7.83. The minimum Gasteiger partial charge on any atom is -0.381 e. The lowest BCUT2D eigenvalue weighted by Crippen LogP contribution is -2.59. The summed E-state index contributed by atoms with van der Waals surface area (Å²) in [4.78, 5) is 34.1. The van der Waals surface area contributed by atoms with Crippen LogP contribution in [0.5, 0.6) is 0 Å². The van der Waals surface area contributed by atoms with Gasteiger partial charge in [-0.3, -0.25) is 9.59 Å². The van der Waals surface area contributed by atoms with Crippen molar-refractivity contribution in [3.63, 3.8) is 0 Å². The molecule has 1 N–H and O–H groups in total. The summed E-state index contributed by atoms with van der Waals surface area (Å²) in [5.74, 6) is 0.0818. The Morgan fingerprint density at radius 3 is 2.82 bits per heavy atom. The Morgan fingerprint density at radius 1 is 1.32 bits per heavy atom. The van der Waals surface area contributed by atoms with E-state index >= 15 is 0 Å². The first-order valence-electron chi connectivity index (χ1n) is 10.5. The molecule has 8 heteroatoms. The van der Waals surface area contributed by atoms with Gasteiger partial charge in [-0.05, 0) is 26.2 Å². The van der Waals surface area contributed by atoms with Crippen molar-refractivity contribution in [1.29, 1.82) is 0 Å². The van der Waals surface area contributed by atoms with E-state index in [1.165, 1.54) is 0 Å². The Kier molecular flexibility index (Phi) is 5.42. The molecule has 1 spiro atoms. The van der Waals surface area contributed by atoms with Crippen LogP contribution in [0, 0.1) is 0 Å². The van der Waals surface area contributed by atoms with Crippen molar-refractivity contribution in [1.82, 2.24) is 24.7 Å². The first kappa shape index (κ1) is 19.4. The van der Waals surface area contributed by atoms with Gasteiger partial charge in [0, 0.05) is 51.5 Å². The third-order valence-electron chi connectivity index (χ3n) is 6.55. The van der Waals surface area contributed by atoms with Crippen molar-refractivity contribution in [2.24, 2.45) is 0 Å². The van der Waals surface area contributed by atoms with Crippen molar-refractivity contribution in [2.75, 3.05) is 39.4 Å². The molecule has 1 aromatic heterocycles. The summed E-state index contributed by atoms with van der Waals surface area (Å²) in [7, 11) is 0. The molecule has 4 rings (SSSR count). The van der Waals surface area contributed by atoms with E-state index in [1.807, 2.05) is 23.3 Å². The number of aromatic nitrogens is 2. The summed E-state index contributed by atoms with van der Waals surface area (Å²) in [6.07, 6.45) is 5.14. The first-order valence-corrected chi connectivity index (χ1v) is 10.5. The van der Waals surface area contributed by atoms with E-state index in [-0.39, 0.29) is 29.9 Å². The lowest BCUT2D eigenvalue weighted by atomic mass is 9.82. The van der Waals surface area contributed by atoms with Crippen LogP contribution in [0.2, 0.25) is 0 Å². The molecule has 4 heterocycles. The topological polar surface area (TPSA) is 79.7 Å². The molecule has 0 saturated carbocycles. The van der Waals surface area contributed by atoms with Crippen LogP contribution in [0.3, 0.4) is 0 Å². The van der Waals surface area contributed by atoms with Gasteiger partial charge in [0.05, 0.1) is 17.6 Å². The molecule has 1 aromatic rings. The maximum absolute atomic E-state index is 13.1. The maximum atomic E-state index is 13.1. The zero-order valence-corrected chi connectivity index (χ0v) is 16.9. The Balaban J connectivity index is 1.52. The Bertz CT molecular complexity index is 740. The van der Waals surface area contributed by atoms with Crippen LogP contribution >= 0.6 is 0 Å². The molecule has 2 saturated heterocycles. The molecular weight excluding hydrogens is 358 g/mol. The normalized spacial score (nSPS) is 24.5. The summed E-state index contributed by atoms with van der Waals surface area (Å²) in [6, 6.07) is -0.343. The van der Waals surface area contributed by atoms with E-state index in [0.29, 0.717) is 26.1 Å². The van der Waals surface area contributed by atoms with Crippen molar-refractivity contribution in [2.45, 2.75) is 57.7 Å². The molecule has 0 aliphatic carbocycles. The van der Waals surface area contributed by atoms with Crippen molar-refractivity contribution in [3.05, 3.63) is 17.7 Å². The number of ether oxygens (including phenoxy) is 1. The van der Waals surface area contributed by atoms with Gasteiger partial charge in [-0.15, -0.1) is 0 Å². The second-order valence-corrected chi connectivity index (χ2v) is 7.97. The number of hydrogen-bond donors (Lipinski definition) is 1. The van der Waals surface area contributed by atoms with Gasteiger partial charge in [0.1, 0.15) is 12.6 Å². The van der Waals surface area contributed by atoms with E-state index < -0.39 is 0 Å². The highest BCUT2D eigenvalue weighted by Gasteiger charge is 2.41. The van der Waals surface area contributed by atoms with Crippen LogP contribution in [0.4, 0.5) is 0 Å². The van der Waals surface area contributed by atoms with Gasteiger partial charge < -0.3 is 24.4 Å². The average Bonchev–Trinajstić information content (AvgIpc) is 3.13. The minimum absolute atomic E-state index is 0.00992. The van der Waals surface area contributed by atoms with Crippen molar-refractivity contribution < 1.29 is 14.3 Å². The molecule has 154 valence electrons. The molecular formula is C20H31N5O3.